The fourth-order valence-corrected chi connectivity index (χ4v) is 5.42. The van der Waals surface area contributed by atoms with E-state index in [9.17, 15) is 28.6 Å². The fourth-order valence-electron chi connectivity index (χ4n) is 5.42. The summed E-state index contributed by atoms with van der Waals surface area (Å²) in [4.78, 5) is 23.4. The Balaban J connectivity index is 1.79. The Morgan fingerprint density at radius 1 is 1.29 bits per heavy atom. The van der Waals surface area contributed by atoms with Crippen molar-refractivity contribution in [2.75, 3.05) is 0 Å². The summed E-state index contributed by atoms with van der Waals surface area (Å²) >= 11 is 0. The van der Waals surface area contributed by atoms with Crippen molar-refractivity contribution in [3.8, 4) is 0 Å². The van der Waals surface area contributed by atoms with Crippen LogP contribution in [0.1, 0.15) is 58.3 Å². The minimum atomic E-state index is -4.22. The molecule has 0 heterocycles. The molecular weight excluding hydrogens is 322 g/mol. The van der Waals surface area contributed by atoms with Crippen molar-refractivity contribution in [1.29, 1.82) is 0 Å². The second-order valence-corrected chi connectivity index (χ2v) is 8.06. The zero-order valence-electron chi connectivity index (χ0n) is 13.7. The Bertz CT molecular complexity index is 533. The number of halogens is 2. The van der Waals surface area contributed by atoms with Crippen LogP contribution in [0.4, 0.5) is 8.78 Å². The Labute approximate surface area is 139 Å². The van der Waals surface area contributed by atoms with Crippen LogP contribution in [0.15, 0.2) is 0 Å². The summed E-state index contributed by atoms with van der Waals surface area (Å²) in [5.41, 5.74) is -1.87. The number of carboxylic acid groups (broad SMARTS) is 1. The highest BCUT2D eigenvalue weighted by Gasteiger charge is 2.61. The van der Waals surface area contributed by atoms with Crippen molar-refractivity contribution in [1.82, 2.24) is 0 Å². The van der Waals surface area contributed by atoms with Gasteiger partial charge in [0.2, 0.25) is 0 Å². The first-order valence-corrected chi connectivity index (χ1v) is 8.63. The van der Waals surface area contributed by atoms with Crippen molar-refractivity contribution < 1.29 is 33.3 Å². The Morgan fingerprint density at radius 2 is 1.88 bits per heavy atom. The molecule has 0 amide bonds. The van der Waals surface area contributed by atoms with Gasteiger partial charge in [-0.15, -0.1) is 0 Å². The lowest BCUT2D eigenvalue weighted by Gasteiger charge is -2.58. The maximum atomic E-state index is 13.8. The third-order valence-electron chi connectivity index (χ3n) is 5.94. The maximum Gasteiger partial charge on any atom is 0.323 e. The molecule has 4 aliphatic rings. The first-order chi connectivity index (χ1) is 11.1. The van der Waals surface area contributed by atoms with Crippen LogP contribution >= 0.6 is 0 Å². The second kappa shape index (κ2) is 5.64. The predicted molar refractivity (Wildman–Crippen MR) is 76.8 cm³/mol. The van der Waals surface area contributed by atoms with Gasteiger partial charge in [-0.05, 0) is 56.8 Å². The molecule has 0 saturated heterocycles. The Kier molecular flexibility index (Phi) is 4.13. The molecule has 3 atom stereocenters. The first-order valence-electron chi connectivity index (χ1n) is 8.63. The molecule has 0 spiro atoms. The summed E-state index contributed by atoms with van der Waals surface area (Å²) < 4.78 is 32.7. The molecule has 7 heteroatoms. The van der Waals surface area contributed by atoms with Crippen LogP contribution in [0.5, 0.6) is 0 Å². The summed E-state index contributed by atoms with van der Waals surface area (Å²) in [5.74, 6) is -7.12. The monoisotopic (exact) mass is 345 g/mol. The summed E-state index contributed by atoms with van der Waals surface area (Å²) in [6, 6.07) is 0. The van der Waals surface area contributed by atoms with Crippen LogP contribution in [0.3, 0.4) is 0 Å². The number of hydrogen-bond donors (Lipinski definition) is 1. The minimum Gasteiger partial charge on any atom is -0.544 e. The normalized spacial score (nSPS) is 38.8. The van der Waals surface area contributed by atoms with Gasteiger partial charge in [-0.1, -0.05) is 13.3 Å². The van der Waals surface area contributed by atoms with E-state index in [1.54, 1.807) is 6.92 Å². The number of carbonyl (C=O) groups is 2. The van der Waals surface area contributed by atoms with Crippen molar-refractivity contribution in [2.45, 2.75) is 75.9 Å². The minimum absolute atomic E-state index is 0.204. The van der Waals surface area contributed by atoms with Gasteiger partial charge >= 0.3 is 11.9 Å². The zero-order chi connectivity index (χ0) is 17.8. The zero-order valence-corrected chi connectivity index (χ0v) is 13.7. The molecular formula is C17H23F2O5-. The molecule has 0 aromatic carbocycles. The van der Waals surface area contributed by atoms with Crippen LogP contribution in [-0.2, 0) is 14.3 Å². The highest BCUT2D eigenvalue weighted by molar-refractivity contribution is 5.79. The molecule has 3 unspecified atom stereocenters. The van der Waals surface area contributed by atoms with Gasteiger partial charge in [0.05, 0.1) is 11.0 Å². The molecule has 0 radical (unpaired) electrons. The number of rotatable bonds is 6. The molecule has 5 nitrogen and oxygen atoms in total. The van der Waals surface area contributed by atoms with E-state index in [2.05, 4.69) is 0 Å². The van der Waals surface area contributed by atoms with Crippen molar-refractivity contribution >= 4 is 11.9 Å². The van der Waals surface area contributed by atoms with Gasteiger partial charge in [0, 0.05) is 0 Å². The number of aliphatic hydroxyl groups is 1. The topological polar surface area (TPSA) is 86.7 Å². The molecule has 4 bridgehead atoms. The van der Waals surface area contributed by atoms with Crippen LogP contribution in [0.2, 0.25) is 0 Å². The highest BCUT2D eigenvalue weighted by atomic mass is 19.3. The van der Waals surface area contributed by atoms with E-state index >= 15 is 0 Å². The van der Waals surface area contributed by atoms with E-state index < -0.39 is 35.0 Å². The largest absolute Gasteiger partial charge is 0.544 e. The van der Waals surface area contributed by atoms with Crippen LogP contribution in [0, 0.1) is 17.3 Å². The first kappa shape index (κ1) is 17.6. The van der Waals surface area contributed by atoms with Crippen molar-refractivity contribution in [2.24, 2.45) is 17.3 Å². The smallest absolute Gasteiger partial charge is 0.323 e. The SMILES string of the molecule is CCCC(OC(=O)C12CC3CC(CC(O)(C3)C1)C2)C(F)(F)C(=O)[O-]. The molecule has 4 rings (SSSR count). The number of aliphatic carboxylic acids is 1. The van der Waals surface area contributed by atoms with E-state index in [1.165, 1.54) is 0 Å². The summed E-state index contributed by atoms with van der Waals surface area (Å²) in [7, 11) is 0. The number of esters is 1. The van der Waals surface area contributed by atoms with Crippen LogP contribution in [0.25, 0.3) is 0 Å². The average Bonchev–Trinajstić information content (AvgIpc) is 2.43. The molecule has 4 fully saturated rings. The maximum absolute atomic E-state index is 13.8. The van der Waals surface area contributed by atoms with E-state index in [0.717, 1.165) is 6.42 Å². The molecule has 4 aliphatic carbocycles. The van der Waals surface area contributed by atoms with Gasteiger partial charge < -0.3 is 19.7 Å². The van der Waals surface area contributed by atoms with Gasteiger partial charge in [-0.2, -0.15) is 8.78 Å². The predicted octanol–water partition coefficient (Wildman–Crippen LogP) is 1.41. The van der Waals surface area contributed by atoms with Crippen LogP contribution < -0.4 is 5.11 Å². The van der Waals surface area contributed by atoms with Gasteiger partial charge in [-0.25, -0.2) is 0 Å². The molecule has 0 aromatic heterocycles. The van der Waals surface area contributed by atoms with E-state index in [-0.39, 0.29) is 31.1 Å². The van der Waals surface area contributed by atoms with Crippen LogP contribution in [-0.4, -0.2) is 34.7 Å². The van der Waals surface area contributed by atoms with Gasteiger partial charge in [0.1, 0.15) is 5.97 Å². The average molecular weight is 345 g/mol. The third-order valence-corrected chi connectivity index (χ3v) is 5.94. The van der Waals surface area contributed by atoms with Gasteiger partial charge in [-0.3, -0.25) is 4.79 Å². The number of carbonyl (C=O) groups excluding carboxylic acids is 2. The molecule has 136 valence electrons. The fraction of sp³-hybridized carbons (Fsp3) is 0.882. The number of alkyl halides is 2. The summed E-state index contributed by atoms with van der Waals surface area (Å²) in [6.07, 6.45) is 1.50. The van der Waals surface area contributed by atoms with Gasteiger partial charge in [0.15, 0.2) is 6.10 Å². The summed E-state index contributed by atoms with van der Waals surface area (Å²) in [6.45, 7) is 1.61. The van der Waals surface area contributed by atoms with E-state index in [0.29, 0.717) is 25.7 Å². The number of hydrogen-bond acceptors (Lipinski definition) is 5. The lowest BCUT2D eigenvalue weighted by atomic mass is 9.48. The second-order valence-electron chi connectivity index (χ2n) is 8.06. The lowest BCUT2D eigenvalue weighted by Crippen LogP contribution is -2.60. The highest BCUT2D eigenvalue weighted by Crippen LogP contribution is 2.62. The van der Waals surface area contributed by atoms with Gasteiger partial charge in [0.25, 0.3) is 0 Å². The molecule has 24 heavy (non-hydrogen) atoms. The van der Waals surface area contributed by atoms with E-state index in [1.807, 2.05) is 0 Å². The number of ether oxygens (including phenoxy) is 1. The Morgan fingerprint density at radius 3 is 2.33 bits per heavy atom. The Hall–Kier alpha value is -1.24. The lowest BCUT2D eigenvalue weighted by molar-refractivity contribution is -0.337. The number of carboxylic acids is 1. The molecule has 1 N–H and O–H groups in total. The van der Waals surface area contributed by atoms with E-state index in [4.69, 9.17) is 4.74 Å². The quantitative estimate of drug-likeness (QED) is 0.736. The van der Waals surface area contributed by atoms with Crippen molar-refractivity contribution in [3.05, 3.63) is 0 Å². The summed E-state index contributed by atoms with van der Waals surface area (Å²) in [5, 5.41) is 21.4. The van der Waals surface area contributed by atoms with Crippen molar-refractivity contribution in [3.63, 3.8) is 0 Å². The molecule has 0 aromatic rings. The molecule has 4 saturated carbocycles. The standard InChI is InChI=1S/C17H24F2O5/c1-2-3-12(17(18,19)13(20)21)24-14(22)15-5-10-4-11(6-15)8-16(23,7-10)9-15/h10-12,23H,2-9H2,1H3,(H,20,21)/p-1. The molecule has 0 aliphatic heterocycles. The third kappa shape index (κ3) is 2.80.